The zero-order valence-electron chi connectivity index (χ0n) is 12.8. The predicted octanol–water partition coefficient (Wildman–Crippen LogP) is 1.81. The van der Waals surface area contributed by atoms with Gasteiger partial charge in [0.2, 0.25) is 11.8 Å². The number of carbonyl (C=O) groups is 2. The van der Waals surface area contributed by atoms with Crippen molar-refractivity contribution in [3.8, 4) is 0 Å². The van der Waals surface area contributed by atoms with Crippen molar-refractivity contribution in [3.05, 3.63) is 29.8 Å². The SMILES string of the molecule is CC(N)CCCC(C)C(=O)Nc1ccc(CC(N)=O)cc1. The molecule has 2 unspecified atom stereocenters. The van der Waals surface area contributed by atoms with Crippen LogP contribution in [0, 0.1) is 5.92 Å². The zero-order valence-corrected chi connectivity index (χ0v) is 12.8. The van der Waals surface area contributed by atoms with E-state index in [0.29, 0.717) is 0 Å². The molecule has 1 aromatic carbocycles. The van der Waals surface area contributed by atoms with E-state index in [1.807, 2.05) is 13.8 Å². The van der Waals surface area contributed by atoms with E-state index in [4.69, 9.17) is 11.5 Å². The van der Waals surface area contributed by atoms with Gasteiger partial charge in [-0.15, -0.1) is 0 Å². The van der Waals surface area contributed by atoms with Gasteiger partial charge in [0.15, 0.2) is 0 Å². The van der Waals surface area contributed by atoms with Gasteiger partial charge < -0.3 is 16.8 Å². The minimum absolute atomic E-state index is 0.00215. The topological polar surface area (TPSA) is 98.2 Å². The number of carbonyl (C=O) groups excluding carboxylic acids is 2. The molecule has 0 aliphatic heterocycles. The summed E-state index contributed by atoms with van der Waals surface area (Å²) >= 11 is 0. The molecule has 0 aliphatic rings. The lowest BCUT2D eigenvalue weighted by Crippen LogP contribution is -2.21. The maximum absolute atomic E-state index is 12.0. The Hall–Kier alpha value is -1.88. The van der Waals surface area contributed by atoms with Gasteiger partial charge in [-0.25, -0.2) is 0 Å². The van der Waals surface area contributed by atoms with Gasteiger partial charge in [0, 0.05) is 17.6 Å². The fourth-order valence-electron chi connectivity index (χ4n) is 2.05. The van der Waals surface area contributed by atoms with E-state index in [0.717, 1.165) is 30.5 Å². The second kappa shape index (κ2) is 8.42. The molecule has 5 heteroatoms. The van der Waals surface area contributed by atoms with Gasteiger partial charge in [-0.2, -0.15) is 0 Å². The molecule has 1 rings (SSSR count). The molecule has 0 aromatic heterocycles. The van der Waals surface area contributed by atoms with Crippen molar-refractivity contribution in [3.63, 3.8) is 0 Å². The third-order valence-electron chi connectivity index (χ3n) is 3.34. The Kier molecular flexibility index (Phi) is 6.88. The molecule has 5 nitrogen and oxygen atoms in total. The molecular weight excluding hydrogens is 266 g/mol. The van der Waals surface area contributed by atoms with E-state index in [-0.39, 0.29) is 30.2 Å². The van der Waals surface area contributed by atoms with Crippen molar-refractivity contribution in [1.82, 2.24) is 0 Å². The molecule has 0 fully saturated rings. The Morgan fingerprint density at radius 1 is 1.14 bits per heavy atom. The summed E-state index contributed by atoms with van der Waals surface area (Å²) in [6, 6.07) is 7.33. The summed E-state index contributed by atoms with van der Waals surface area (Å²) in [5, 5.41) is 2.87. The maximum atomic E-state index is 12.0. The molecule has 0 bridgehead atoms. The highest BCUT2D eigenvalue weighted by Crippen LogP contribution is 2.14. The van der Waals surface area contributed by atoms with Crippen LogP contribution in [0.4, 0.5) is 5.69 Å². The van der Waals surface area contributed by atoms with Gasteiger partial charge in [-0.05, 0) is 37.5 Å². The molecule has 2 amide bonds. The number of nitrogens with two attached hydrogens (primary N) is 2. The van der Waals surface area contributed by atoms with E-state index in [1.54, 1.807) is 24.3 Å². The molecule has 116 valence electrons. The number of benzene rings is 1. The van der Waals surface area contributed by atoms with Crippen LogP contribution in [0.3, 0.4) is 0 Å². The third-order valence-corrected chi connectivity index (χ3v) is 3.34. The smallest absolute Gasteiger partial charge is 0.227 e. The molecule has 1 aromatic rings. The Bertz CT molecular complexity index is 469. The van der Waals surface area contributed by atoms with Gasteiger partial charge >= 0.3 is 0 Å². The van der Waals surface area contributed by atoms with Gasteiger partial charge in [-0.3, -0.25) is 9.59 Å². The molecule has 0 heterocycles. The third kappa shape index (κ3) is 6.90. The van der Waals surface area contributed by atoms with Gasteiger partial charge in [0.05, 0.1) is 6.42 Å². The van der Waals surface area contributed by atoms with E-state index in [2.05, 4.69) is 5.32 Å². The number of anilines is 1. The lowest BCUT2D eigenvalue weighted by molar-refractivity contribution is -0.119. The van der Waals surface area contributed by atoms with E-state index in [9.17, 15) is 9.59 Å². The largest absolute Gasteiger partial charge is 0.369 e. The quantitative estimate of drug-likeness (QED) is 0.681. The van der Waals surface area contributed by atoms with Crippen LogP contribution in [0.2, 0.25) is 0 Å². The van der Waals surface area contributed by atoms with Crippen molar-refractivity contribution in [2.45, 2.75) is 45.6 Å². The Morgan fingerprint density at radius 3 is 2.29 bits per heavy atom. The number of hydrogen-bond donors (Lipinski definition) is 3. The fourth-order valence-corrected chi connectivity index (χ4v) is 2.05. The monoisotopic (exact) mass is 291 g/mol. The number of amides is 2. The van der Waals surface area contributed by atoms with Crippen LogP contribution in [0.1, 0.15) is 38.7 Å². The summed E-state index contributed by atoms with van der Waals surface area (Å²) in [7, 11) is 0. The van der Waals surface area contributed by atoms with Crippen LogP contribution in [0.15, 0.2) is 24.3 Å². The van der Waals surface area contributed by atoms with E-state index < -0.39 is 0 Å². The molecule has 0 radical (unpaired) electrons. The molecule has 0 saturated carbocycles. The molecule has 0 aliphatic carbocycles. The standard InChI is InChI=1S/C16H25N3O2/c1-11(4-3-5-12(2)17)16(21)19-14-8-6-13(7-9-14)10-15(18)20/h6-9,11-12H,3-5,10,17H2,1-2H3,(H2,18,20)(H,19,21). The molecule has 0 spiro atoms. The summed E-state index contributed by atoms with van der Waals surface area (Å²) in [6.45, 7) is 3.89. The lowest BCUT2D eigenvalue weighted by Gasteiger charge is -2.13. The second-order valence-corrected chi connectivity index (χ2v) is 5.64. The average Bonchev–Trinajstić information content (AvgIpc) is 2.39. The first kappa shape index (κ1) is 17.2. The van der Waals surface area contributed by atoms with Crippen LogP contribution in [0.25, 0.3) is 0 Å². The Labute approximate surface area is 126 Å². The van der Waals surface area contributed by atoms with Crippen molar-refractivity contribution in [2.75, 3.05) is 5.32 Å². The van der Waals surface area contributed by atoms with Gasteiger partial charge in [-0.1, -0.05) is 25.5 Å². The number of hydrogen-bond acceptors (Lipinski definition) is 3. The highest BCUT2D eigenvalue weighted by molar-refractivity contribution is 5.92. The molecular formula is C16H25N3O2. The minimum Gasteiger partial charge on any atom is -0.369 e. The number of nitrogens with one attached hydrogen (secondary N) is 1. The maximum Gasteiger partial charge on any atom is 0.227 e. The van der Waals surface area contributed by atoms with Crippen molar-refractivity contribution in [2.24, 2.45) is 17.4 Å². The summed E-state index contributed by atoms with van der Waals surface area (Å²) in [6.07, 6.45) is 2.91. The van der Waals surface area contributed by atoms with Crippen LogP contribution in [-0.2, 0) is 16.0 Å². The van der Waals surface area contributed by atoms with Crippen molar-refractivity contribution in [1.29, 1.82) is 0 Å². The molecule has 0 saturated heterocycles. The fraction of sp³-hybridized carbons (Fsp3) is 0.500. The first-order chi connectivity index (χ1) is 9.88. The van der Waals surface area contributed by atoms with Crippen molar-refractivity contribution < 1.29 is 9.59 Å². The van der Waals surface area contributed by atoms with Crippen LogP contribution in [-0.4, -0.2) is 17.9 Å². The van der Waals surface area contributed by atoms with E-state index in [1.165, 1.54) is 0 Å². The number of primary amides is 1. The highest BCUT2D eigenvalue weighted by Gasteiger charge is 2.13. The predicted molar refractivity (Wildman–Crippen MR) is 84.6 cm³/mol. The normalized spacial score (nSPS) is 13.5. The van der Waals surface area contributed by atoms with Crippen LogP contribution >= 0.6 is 0 Å². The highest BCUT2D eigenvalue weighted by atomic mass is 16.2. The lowest BCUT2D eigenvalue weighted by atomic mass is 10.0. The number of rotatable bonds is 8. The summed E-state index contributed by atoms with van der Waals surface area (Å²) < 4.78 is 0. The molecule has 5 N–H and O–H groups in total. The Morgan fingerprint density at radius 2 is 1.76 bits per heavy atom. The summed E-state index contributed by atoms with van der Waals surface area (Å²) in [4.78, 5) is 22.8. The summed E-state index contributed by atoms with van der Waals surface area (Å²) in [5.41, 5.74) is 12.4. The van der Waals surface area contributed by atoms with Crippen LogP contribution < -0.4 is 16.8 Å². The molecule has 2 atom stereocenters. The first-order valence-electron chi connectivity index (χ1n) is 7.32. The van der Waals surface area contributed by atoms with Crippen LogP contribution in [0.5, 0.6) is 0 Å². The van der Waals surface area contributed by atoms with Crippen molar-refractivity contribution >= 4 is 17.5 Å². The summed E-state index contributed by atoms with van der Waals surface area (Å²) in [5.74, 6) is -0.411. The Balaban J connectivity index is 2.44. The average molecular weight is 291 g/mol. The molecule has 21 heavy (non-hydrogen) atoms. The van der Waals surface area contributed by atoms with Gasteiger partial charge in [0.1, 0.15) is 0 Å². The first-order valence-corrected chi connectivity index (χ1v) is 7.32. The van der Waals surface area contributed by atoms with Gasteiger partial charge in [0.25, 0.3) is 0 Å². The second-order valence-electron chi connectivity index (χ2n) is 5.64. The zero-order chi connectivity index (χ0) is 15.8. The van der Waals surface area contributed by atoms with E-state index >= 15 is 0 Å². The minimum atomic E-state index is -0.366.